The molecule has 0 saturated carbocycles. The number of hydrogen-bond donors (Lipinski definition) is 0. The van der Waals surface area contributed by atoms with Crippen molar-refractivity contribution in [1.82, 2.24) is 24.6 Å². The number of rotatable bonds is 8. The van der Waals surface area contributed by atoms with Crippen LogP contribution in [0.2, 0.25) is 0 Å². The second-order valence-electron chi connectivity index (χ2n) is 8.60. The highest BCUT2D eigenvalue weighted by atomic mass is 32.2. The summed E-state index contributed by atoms with van der Waals surface area (Å²) in [6.07, 6.45) is 0. The third-order valence-corrected chi connectivity index (χ3v) is 7.26. The number of para-hydroxylation sites is 2. The van der Waals surface area contributed by atoms with Gasteiger partial charge in [0.1, 0.15) is 12.4 Å². The summed E-state index contributed by atoms with van der Waals surface area (Å²) in [5.41, 5.74) is 3.12. The maximum atomic E-state index is 13.1. The van der Waals surface area contributed by atoms with Gasteiger partial charge in [-0.05, 0) is 50.6 Å². The van der Waals surface area contributed by atoms with E-state index in [1.54, 1.807) is 0 Å². The smallest absolute Gasteiger partial charge is 0.235 e. The average molecular weight is 480 g/mol. The minimum absolute atomic E-state index is 0.150. The van der Waals surface area contributed by atoms with Gasteiger partial charge >= 0.3 is 0 Å². The molecule has 1 saturated heterocycles. The van der Waals surface area contributed by atoms with Gasteiger partial charge in [0, 0.05) is 31.9 Å². The molecule has 0 spiro atoms. The Bertz CT molecular complexity index is 1090. The van der Waals surface area contributed by atoms with Crippen LogP contribution < -0.4 is 4.74 Å². The SMILES string of the molecule is CCN1CCN(C(=O)C(C)Sc2nnc(COc3c(C)cccc3C)n2-c2ccccc2)CC1. The Morgan fingerprint density at radius 2 is 1.68 bits per heavy atom. The Kier molecular flexibility index (Phi) is 7.90. The second-order valence-corrected chi connectivity index (χ2v) is 9.91. The van der Waals surface area contributed by atoms with Crippen LogP contribution in [0.3, 0.4) is 0 Å². The number of aryl methyl sites for hydroxylation is 2. The molecule has 1 fully saturated rings. The van der Waals surface area contributed by atoms with Crippen molar-refractivity contribution >= 4 is 17.7 Å². The number of carbonyl (C=O) groups excluding carboxylic acids is 1. The van der Waals surface area contributed by atoms with Crippen LogP contribution in [0.15, 0.2) is 53.7 Å². The molecule has 2 heterocycles. The van der Waals surface area contributed by atoms with E-state index in [9.17, 15) is 4.79 Å². The van der Waals surface area contributed by atoms with E-state index in [0.29, 0.717) is 11.0 Å². The maximum Gasteiger partial charge on any atom is 0.235 e. The van der Waals surface area contributed by atoms with Crippen LogP contribution in [0, 0.1) is 13.8 Å². The van der Waals surface area contributed by atoms with Crippen LogP contribution in [-0.4, -0.2) is 68.4 Å². The number of ether oxygens (including phenoxy) is 1. The van der Waals surface area contributed by atoms with Gasteiger partial charge in [-0.3, -0.25) is 9.36 Å². The largest absolute Gasteiger partial charge is 0.485 e. The molecule has 180 valence electrons. The second kappa shape index (κ2) is 11.1. The van der Waals surface area contributed by atoms with Crippen molar-refractivity contribution in [3.05, 3.63) is 65.5 Å². The maximum absolute atomic E-state index is 13.1. The van der Waals surface area contributed by atoms with Gasteiger partial charge in [0.15, 0.2) is 11.0 Å². The lowest BCUT2D eigenvalue weighted by molar-refractivity contribution is -0.132. The number of carbonyl (C=O) groups is 1. The fourth-order valence-corrected chi connectivity index (χ4v) is 5.19. The van der Waals surface area contributed by atoms with Crippen molar-refractivity contribution in [3.8, 4) is 11.4 Å². The van der Waals surface area contributed by atoms with Gasteiger partial charge < -0.3 is 14.5 Å². The molecule has 1 atom stereocenters. The van der Waals surface area contributed by atoms with Gasteiger partial charge in [-0.2, -0.15) is 0 Å². The van der Waals surface area contributed by atoms with Crippen LogP contribution in [0.5, 0.6) is 5.75 Å². The van der Waals surface area contributed by atoms with E-state index >= 15 is 0 Å². The predicted octanol–water partition coefficient (Wildman–Crippen LogP) is 4.11. The molecule has 0 radical (unpaired) electrons. The molecule has 2 aromatic carbocycles. The number of hydrogen-bond acceptors (Lipinski definition) is 6. The van der Waals surface area contributed by atoms with E-state index in [-0.39, 0.29) is 17.8 Å². The Balaban J connectivity index is 1.53. The topological polar surface area (TPSA) is 63.5 Å². The van der Waals surface area contributed by atoms with E-state index in [2.05, 4.69) is 22.0 Å². The first-order valence-corrected chi connectivity index (χ1v) is 12.7. The molecule has 1 aliphatic heterocycles. The fourth-order valence-electron chi connectivity index (χ4n) is 4.22. The number of likely N-dealkylation sites (N-methyl/N-ethyl adjacent to an activating group) is 1. The van der Waals surface area contributed by atoms with Crippen molar-refractivity contribution in [1.29, 1.82) is 0 Å². The third-order valence-electron chi connectivity index (χ3n) is 6.23. The van der Waals surface area contributed by atoms with Crippen molar-refractivity contribution in [2.45, 2.75) is 44.7 Å². The number of amides is 1. The zero-order chi connectivity index (χ0) is 24.1. The van der Waals surface area contributed by atoms with Crippen LogP contribution in [-0.2, 0) is 11.4 Å². The summed E-state index contributed by atoms with van der Waals surface area (Å²) in [4.78, 5) is 17.5. The van der Waals surface area contributed by atoms with E-state index in [1.165, 1.54) is 11.8 Å². The number of nitrogens with zero attached hydrogens (tertiary/aromatic N) is 5. The van der Waals surface area contributed by atoms with Gasteiger partial charge in [-0.1, -0.05) is 55.1 Å². The van der Waals surface area contributed by atoms with Crippen molar-refractivity contribution < 1.29 is 9.53 Å². The van der Waals surface area contributed by atoms with Gasteiger partial charge in [-0.25, -0.2) is 0 Å². The molecule has 1 aliphatic rings. The Morgan fingerprint density at radius 3 is 2.32 bits per heavy atom. The molecule has 1 aromatic heterocycles. The molecule has 4 rings (SSSR count). The molecule has 3 aromatic rings. The summed E-state index contributed by atoms with van der Waals surface area (Å²) in [6, 6.07) is 16.1. The molecule has 0 aliphatic carbocycles. The normalized spacial score (nSPS) is 15.4. The monoisotopic (exact) mass is 479 g/mol. The summed E-state index contributed by atoms with van der Waals surface area (Å²) >= 11 is 1.45. The first-order valence-electron chi connectivity index (χ1n) is 11.8. The Hall–Kier alpha value is -2.84. The Labute approximate surface area is 206 Å². The van der Waals surface area contributed by atoms with E-state index < -0.39 is 0 Å². The first kappa shape index (κ1) is 24.3. The molecular weight excluding hydrogens is 446 g/mol. The lowest BCUT2D eigenvalue weighted by Crippen LogP contribution is -2.50. The quantitative estimate of drug-likeness (QED) is 0.453. The minimum atomic E-state index is -0.257. The number of thioether (sulfide) groups is 1. The molecular formula is C26H33N5O2S. The lowest BCUT2D eigenvalue weighted by Gasteiger charge is -2.35. The molecule has 34 heavy (non-hydrogen) atoms. The standard InChI is InChI=1S/C26H33N5O2S/c1-5-29-14-16-30(17-15-29)25(32)21(4)34-26-28-27-23(31(26)22-12-7-6-8-13-22)18-33-24-19(2)10-9-11-20(24)3/h6-13,21H,5,14-18H2,1-4H3. The predicted molar refractivity (Wildman–Crippen MR) is 136 cm³/mol. The van der Waals surface area contributed by atoms with E-state index in [1.807, 2.05) is 78.8 Å². The van der Waals surface area contributed by atoms with Crippen LogP contribution >= 0.6 is 11.8 Å². The molecule has 7 nitrogen and oxygen atoms in total. The van der Waals surface area contributed by atoms with Gasteiger partial charge in [0.05, 0.1) is 5.25 Å². The summed E-state index contributed by atoms with van der Waals surface area (Å²) in [5, 5.41) is 9.34. The van der Waals surface area contributed by atoms with E-state index in [4.69, 9.17) is 4.74 Å². The minimum Gasteiger partial charge on any atom is -0.485 e. The molecule has 1 unspecified atom stereocenters. The molecule has 0 bridgehead atoms. The van der Waals surface area contributed by atoms with Crippen LogP contribution in [0.4, 0.5) is 0 Å². The average Bonchev–Trinajstić information content (AvgIpc) is 3.26. The summed E-state index contributed by atoms with van der Waals surface area (Å²) in [6.45, 7) is 12.9. The van der Waals surface area contributed by atoms with Gasteiger partial charge in [0.2, 0.25) is 5.91 Å². The van der Waals surface area contributed by atoms with Gasteiger partial charge in [-0.15, -0.1) is 10.2 Å². The zero-order valence-corrected chi connectivity index (χ0v) is 21.2. The molecule has 8 heteroatoms. The first-order chi connectivity index (χ1) is 16.5. The van der Waals surface area contributed by atoms with Crippen LogP contribution in [0.25, 0.3) is 5.69 Å². The van der Waals surface area contributed by atoms with Gasteiger partial charge in [0.25, 0.3) is 0 Å². The summed E-state index contributed by atoms with van der Waals surface area (Å²) in [7, 11) is 0. The van der Waals surface area contributed by atoms with Crippen molar-refractivity contribution in [2.75, 3.05) is 32.7 Å². The number of aromatic nitrogens is 3. The third kappa shape index (κ3) is 5.45. The molecule has 0 N–H and O–H groups in total. The lowest BCUT2D eigenvalue weighted by atomic mass is 10.1. The summed E-state index contributed by atoms with van der Waals surface area (Å²) in [5.74, 6) is 1.72. The van der Waals surface area contributed by atoms with Crippen molar-refractivity contribution in [3.63, 3.8) is 0 Å². The highest BCUT2D eigenvalue weighted by Crippen LogP contribution is 2.28. The highest BCUT2D eigenvalue weighted by Gasteiger charge is 2.27. The number of piperazine rings is 1. The number of benzene rings is 2. The zero-order valence-electron chi connectivity index (χ0n) is 20.4. The van der Waals surface area contributed by atoms with Crippen LogP contribution in [0.1, 0.15) is 30.8 Å². The fraction of sp³-hybridized carbons (Fsp3) is 0.423. The molecule has 1 amide bonds. The highest BCUT2D eigenvalue weighted by molar-refractivity contribution is 8.00. The van der Waals surface area contributed by atoms with E-state index in [0.717, 1.165) is 55.3 Å². The summed E-state index contributed by atoms with van der Waals surface area (Å²) < 4.78 is 8.18. The van der Waals surface area contributed by atoms with Crippen molar-refractivity contribution in [2.24, 2.45) is 0 Å². The Morgan fingerprint density at radius 1 is 1.00 bits per heavy atom.